The van der Waals surface area contributed by atoms with E-state index in [9.17, 15) is 0 Å². The summed E-state index contributed by atoms with van der Waals surface area (Å²) in [5.74, 6) is 0.742. The number of H-pyrrole nitrogens is 2. The van der Waals surface area contributed by atoms with Gasteiger partial charge in [-0.3, -0.25) is 0 Å². The quantitative estimate of drug-likeness (QED) is 0.263. The standard InChI is InChI=1S/C33H26N10O2/c1-3-34-30-26-28(38-15-13-36-26)42-32(44-30)24-20(18-9-5-7-11-22(18)40-24)17-21-19-10-6-8-12-23(19)41-25(21)33-43-29-27(37-14-16-39-29)31(45-33)35-4-2/h5-16,40-41H,3-4,17H2,1-2H3. The van der Waals surface area contributed by atoms with Gasteiger partial charge < -0.3 is 18.8 Å². The maximum Gasteiger partial charge on any atom is 0.247 e. The third kappa shape index (κ3) is 4.54. The Hall–Kier alpha value is -6.04. The molecule has 6 heterocycles. The summed E-state index contributed by atoms with van der Waals surface area (Å²) in [5.41, 5.74) is 8.02. The van der Waals surface area contributed by atoms with Crippen molar-refractivity contribution in [2.45, 2.75) is 20.3 Å². The Balaban J connectivity index is 1.38. The van der Waals surface area contributed by atoms with Crippen LogP contribution in [0.1, 0.15) is 25.0 Å². The molecule has 0 aliphatic rings. The Labute approximate surface area is 254 Å². The molecule has 45 heavy (non-hydrogen) atoms. The molecule has 0 atom stereocenters. The fourth-order valence-corrected chi connectivity index (χ4v) is 5.67. The lowest BCUT2D eigenvalue weighted by molar-refractivity contribution is 0.494. The van der Waals surface area contributed by atoms with Gasteiger partial charge >= 0.3 is 0 Å². The Bertz CT molecular complexity index is 2350. The molecule has 0 radical (unpaired) electrons. The van der Waals surface area contributed by atoms with Gasteiger partial charge in [-0.15, -0.1) is 0 Å². The summed E-state index contributed by atoms with van der Waals surface area (Å²) in [6.07, 6.45) is 6.94. The molecule has 0 aliphatic heterocycles. The second-order valence-electron chi connectivity index (χ2n) is 10.3. The van der Waals surface area contributed by atoms with Gasteiger partial charge in [-0.1, -0.05) is 36.4 Å². The van der Waals surface area contributed by atoms with Crippen LogP contribution in [0.15, 0.2) is 92.1 Å². The fraction of sp³-hybridized carbons (Fsp3) is 0.152. The summed E-state index contributed by atoms with van der Waals surface area (Å²) in [6.45, 7) is 4.94. The van der Waals surface area contributed by atoms with E-state index in [2.05, 4.69) is 52.0 Å². The Morgan fingerprint density at radius 3 is 1.51 bits per heavy atom. The molecule has 0 aliphatic carbocycles. The maximum absolute atomic E-state index is 6.32. The normalized spacial score (nSPS) is 12.8. The van der Waals surface area contributed by atoms with Crippen LogP contribution in [0, 0.1) is 0 Å². The van der Waals surface area contributed by atoms with Crippen LogP contribution in [0.2, 0.25) is 0 Å². The van der Waals surface area contributed by atoms with Gasteiger partial charge in [0.05, 0.1) is 0 Å². The molecular weight excluding hydrogens is 568 g/mol. The molecule has 0 saturated heterocycles. The van der Waals surface area contributed by atoms with Crippen LogP contribution >= 0.6 is 0 Å². The molecule has 6 aromatic heterocycles. The van der Waals surface area contributed by atoms with Crippen molar-refractivity contribution in [3.05, 3.63) is 95.6 Å². The predicted octanol–water partition coefficient (Wildman–Crippen LogP) is 5.28. The minimum atomic E-state index is 0.371. The predicted molar refractivity (Wildman–Crippen MR) is 169 cm³/mol. The van der Waals surface area contributed by atoms with E-state index in [-0.39, 0.29) is 0 Å². The molecular formula is C33H26N10O2. The molecule has 220 valence electrons. The fourth-order valence-electron chi connectivity index (χ4n) is 5.67. The molecule has 2 N–H and O–H groups in total. The molecule has 12 heteroatoms. The first-order chi connectivity index (χ1) is 22.2. The van der Waals surface area contributed by atoms with E-state index in [1.165, 1.54) is 0 Å². The van der Waals surface area contributed by atoms with E-state index in [0.717, 1.165) is 44.3 Å². The molecule has 0 fully saturated rings. The number of fused-ring (bicyclic) bond motifs is 4. The van der Waals surface area contributed by atoms with Crippen LogP contribution < -0.4 is 11.1 Å². The van der Waals surface area contributed by atoms with E-state index < -0.39 is 0 Å². The number of hydrogen-bond donors (Lipinski definition) is 2. The lowest BCUT2D eigenvalue weighted by atomic mass is 9.98. The molecule has 12 nitrogen and oxygen atoms in total. The molecule has 0 bridgehead atoms. The summed E-state index contributed by atoms with van der Waals surface area (Å²) in [5, 5.41) is 2.06. The van der Waals surface area contributed by atoms with E-state index in [1.54, 1.807) is 24.8 Å². The van der Waals surface area contributed by atoms with Crippen molar-refractivity contribution in [2.24, 2.45) is 9.98 Å². The van der Waals surface area contributed by atoms with Crippen LogP contribution in [0.5, 0.6) is 0 Å². The molecule has 0 unspecified atom stereocenters. The average molecular weight is 595 g/mol. The van der Waals surface area contributed by atoms with Crippen LogP contribution in [0.3, 0.4) is 0 Å². The summed E-state index contributed by atoms with van der Waals surface area (Å²) in [4.78, 5) is 43.5. The lowest BCUT2D eigenvalue weighted by Crippen LogP contribution is -2.10. The highest BCUT2D eigenvalue weighted by Gasteiger charge is 2.24. The van der Waals surface area contributed by atoms with E-state index in [0.29, 0.717) is 64.7 Å². The number of hydrogen-bond acceptors (Lipinski definition) is 10. The van der Waals surface area contributed by atoms with Crippen molar-refractivity contribution in [3.63, 3.8) is 0 Å². The van der Waals surface area contributed by atoms with Crippen molar-refractivity contribution in [1.29, 1.82) is 0 Å². The number of benzene rings is 2. The van der Waals surface area contributed by atoms with Crippen LogP contribution in [-0.4, -0.2) is 53.0 Å². The molecule has 0 amide bonds. The molecule has 0 saturated carbocycles. The highest BCUT2D eigenvalue weighted by atomic mass is 16.4. The first-order valence-corrected chi connectivity index (χ1v) is 14.7. The lowest BCUT2D eigenvalue weighted by Gasteiger charge is -2.08. The number of aromatic nitrogens is 8. The number of nitrogens with one attached hydrogen (secondary N) is 2. The van der Waals surface area contributed by atoms with Gasteiger partial charge in [0.25, 0.3) is 0 Å². The van der Waals surface area contributed by atoms with Crippen molar-refractivity contribution in [3.8, 4) is 23.2 Å². The summed E-state index contributed by atoms with van der Waals surface area (Å²) < 4.78 is 12.6. The number of rotatable bonds is 6. The highest BCUT2D eigenvalue weighted by Crippen LogP contribution is 2.36. The summed E-state index contributed by atoms with van der Waals surface area (Å²) in [6, 6.07) is 16.3. The Morgan fingerprint density at radius 1 is 0.600 bits per heavy atom. The topological polar surface area (TPSA) is 160 Å². The van der Waals surface area contributed by atoms with E-state index in [1.807, 2.05) is 50.2 Å². The second kappa shape index (κ2) is 10.9. The number of aromatic amines is 2. The van der Waals surface area contributed by atoms with Gasteiger partial charge in [0.2, 0.25) is 22.9 Å². The third-order valence-electron chi connectivity index (χ3n) is 7.58. The maximum atomic E-state index is 6.32. The van der Waals surface area contributed by atoms with Crippen LogP contribution in [0.4, 0.5) is 0 Å². The highest BCUT2D eigenvalue weighted by molar-refractivity contribution is 5.94. The SMILES string of the molecule is CCN=c1oc(-c2[nH]c3ccccc3c2Cc2c(-c3nc4nccnc4c(=NCC)o3)[nH]c3ccccc23)nc2nccnc12. The van der Waals surface area contributed by atoms with Crippen molar-refractivity contribution < 1.29 is 8.83 Å². The minimum Gasteiger partial charge on any atom is -0.416 e. The smallest absolute Gasteiger partial charge is 0.247 e. The largest absolute Gasteiger partial charge is 0.416 e. The molecule has 8 rings (SSSR count). The van der Waals surface area contributed by atoms with Gasteiger partial charge in [0.1, 0.15) is 11.4 Å². The van der Waals surface area contributed by atoms with Gasteiger partial charge in [-0.2, -0.15) is 9.97 Å². The number of para-hydroxylation sites is 2. The average Bonchev–Trinajstić information content (AvgIpc) is 3.64. The summed E-state index contributed by atoms with van der Waals surface area (Å²) in [7, 11) is 0. The van der Waals surface area contributed by atoms with Gasteiger partial charge in [0.15, 0.2) is 22.3 Å². The molecule has 2 aromatic carbocycles. The number of nitrogens with zero attached hydrogens (tertiary/aromatic N) is 8. The first kappa shape index (κ1) is 26.6. The van der Waals surface area contributed by atoms with Gasteiger partial charge in [-0.25, -0.2) is 29.9 Å². The molecule has 0 spiro atoms. The van der Waals surface area contributed by atoms with Crippen LogP contribution in [0.25, 0.3) is 67.3 Å². The van der Waals surface area contributed by atoms with Gasteiger partial charge in [0, 0.05) is 66.1 Å². The van der Waals surface area contributed by atoms with Crippen LogP contribution in [-0.2, 0) is 6.42 Å². The second-order valence-corrected chi connectivity index (χ2v) is 10.3. The van der Waals surface area contributed by atoms with Crippen molar-refractivity contribution >= 4 is 44.1 Å². The zero-order valence-electron chi connectivity index (χ0n) is 24.4. The monoisotopic (exact) mass is 594 g/mol. The van der Waals surface area contributed by atoms with Crippen molar-refractivity contribution in [2.75, 3.05) is 13.1 Å². The first-order valence-electron chi connectivity index (χ1n) is 14.7. The zero-order chi connectivity index (χ0) is 30.3. The summed E-state index contributed by atoms with van der Waals surface area (Å²) >= 11 is 0. The van der Waals surface area contributed by atoms with E-state index >= 15 is 0 Å². The minimum absolute atomic E-state index is 0.371. The van der Waals surface area contributed by atoms with E-state index in [4.69, 9.17) is 18.8 Å². The van der Waals surface area contributed by atoms with Crippen molar-refractivity contribution in [1.82, 2.24) is 39.9 Å². The third-order valence-corrected chi connectivity index (χ3v) is 7.58. The Kier molecular flexibility index (Phi) is 6.44. The Morgan fingerprint density at radius 2 is 1.04 bits per heavy atom. The molecule has 8 aromatic rings. The van der Waals surface area contributed by atoms with Gasteiger partial charge in [-0.05, 0) is 37.1 Å². The zero-order valence-corrected chi connectivity index (χ0v) is 24.4.